The Labute approximate surface area is 107 Å². The van der Waals surface area contributed by atoms with Crippen LogP contribution < -0.4 is 11.1 Å². The molecule has 2 aliphatic carbocycles. The maximum atomic E-state index is 6.05. The van der Waals surface area contributed by atoms with E-state index in [-0.39, 0.29) is 5.54 Å². The second-order valence-corrected chi connectivity index (χ2v) is 6.53. The normalized spacial score (nSPS) is 35.3. The van der Waals surface area contributed by atoms with E-state index < -0.39 is 0 Å². The Morgan fingerprint density at radius 3 is 2.59 bits per heavy atom. The van der Waals surface area contributed by atoms with Gasteiger partial charge in [-0.3, -0.25) is 0 Å². The lowest BCUT2D eigenvalue weighted by Crippen LogP contribution is -2.51. The molecule has 0 aromatic rings. The molecular weight excluding hydrogens is 208 g/mol. The first-order chi connectivity index (χ1) is 8.24. The maximum Gasteiger partial charge on any atom is 0.0304 e. The lowest BCUT2D eigenvalue weighted by molar-refractivity contribution is 0.247. The highest BCUT2D eigenvalue weighted by Gasteiger charge is 2.30. The summed E-state index contributed by atoms with van der Waals surface area (Å²) in [5, 5.41) is 3.82. The summed E-state index contributed by atoms with van der Waals surface area (Å²) in [6.07, 6.45) is 12.5. The molecular formula is C15H30N2. The van der Waals surface area contributed by atoms with Crippen molar-refractivity contribution in [3.05, 3.63) is 0 Å². The van der Waals surface area contributed by atoms with Crippen molar-refractivity contribution in [2.24, 2.45) is 17.6 Å². The zero-order valence-electron chi connectivity index (χ0n) is 11.5. The summed E-state index contributed by atoms with van der Waals surface area (Å²) < 4.78 is 0. The quantitative estimate of drug-likeness (QED) is 0.722. The van der Waals surface area contributed by atoms with Gasteiger partial charge in [-0.05, 0) is 44.1 Å². The van der Waals surface area contributed by atoms with Crippen LogP contribution in [0, 0.1) is 11.8 Å². The van der Waals surface area contributed by atoms with Gasteiger partial charge in [-0.25, -0.2) is 0 Å². The second kappa shape index (κ2) is 6.19. The molecule has 0 aliphatic heterocycles. The lowest BCUT2D eigenvalue weighted by Gasteiger charge is -2.34. The molecule has 0 spiro atoms. The van der Waals surface area contributed by atoms with Gasteiger partial charge in [-0.1, -0.05) is 39.0 Å². The molecule has 2 unspecified atom stereocenters. The predicted octanol–water partition coefficient (Wildman–Crippen LogP) is 3.06. The van der Waals surface area contributed by atoms with E-state index in [2.05, 4.69) is 12.2 Å². The average Bonchev–Trinajstić information content (AvgIpc) is 2.46. The first-order valence-corrected chi connectivity index (χ1v) is 7.69. The first kappa shape index (κ1) is 13.4. The molecule has 0 aromatic carbocycles. The number of hydrogen-bond donors (Lipinski definition) is 2. The van der Waals surface area contributed by atoms with Crippen LogP contribution in [0.5, 0.6) is 0 Å². The fraction of sp³-hybridized carbons (Fsp3) is 1.00. The lowest BCUT2D eigenvalue weighted by atomic mass is 9.82. The van der Waals surface area contributed by atoms with Crippen LogP contribution in [0.2, 0.25) is 0 Å². The van der Waals surface area contributed by atoms with Gasteiger partial charge in [0.15, 0.2) is 0 Å². The number of rotatable bonds is 5. The van der Waals surface area contributed by atoms with Crippen LogP contribution in [0.25, 0.3) is 0 Å². The van der Waals surface area contributed by atoms with Crippen LogP contribution in [-0.2, 0) is 0 Å². The Bertz CT molecular complexity index is 225. The van der Waals surface area contributed by atoms with Gasteiger partial charge in [-0.15, -0.1) is 0 Å². The molecule has 100 valence electrons. The van der Waals surface area contributed by atoms with E-state index in [1.54, 1.807) is 0 Å². The Hall–Kier alpha value is -0.0800. The largest absolute Gasteiger partial charge is 0.329 e. The maximum absolute atomic E-state index is 6.05. The molecule has 2 fully saturated rings. The zero-order chi connectivity index (χ0) is 12.1. The topological polar surface area (TPSA) is 38.0 Å². The van der Waals surface area contributed by atoms with Crippen molar-refractivity contribution in [2.75, 3.05) is 13.1 Å². The molecule has 2 aliphatic rings. The van der Waals surface area contributed by atoms with Gasteiger partial charge in [-0.2, -0.15) is 0 Å². The number of nitrogens with two attached hydrogens (primary N) is 1. The number of nitrogens with one attached hydrogen (secondary N) is 1. The molecule has 0 bridgehead atoms. The molecule has 3 N–H and O–H groups in total. The standard InChI is InChI=1S/C15H30N2/c1-13-4-3-9-15(12-16,10-7-13)17-11-8-14-5-2-6-14/h13-14,17H,2-12,16H2,1H3. The molecule has 0 radical (unpaired) electrons. The van der Waals surface area contributed by atoms with Crippen molar-refractivity contribution in [3.63, 3.8) is 0 Å². The average molecular weight is 238 g/mol. The monoisotopic (exact) mass is 238 g/mol. The molecule has 0 aromatic heterocycles. The summed E-state index contributed by atoms with van der Waals surface area (Å²) >= 11 is 0. The van der Waals surface area contributed by atoms with E-state index in [1.165, 1.54) is 64.3 Å². The van der Waals surface area contributed by atoms with E-state index in [4.69, 9.17) is 5.73 Å². The summed E-state index contributed by atoms with van der Waals surface area (Å²) in [7, 11) is 0. The molecule has 0 saturated heterocycles. The third-order valence-electron chi connectivity index (χ3n) is 5.14. The van der Waals surface area contributed by atoms with Gasteiger partial charge in [0.1, 0.15) is 0 Å². The molecule has 2 atom stereocenters. The first-order valence-electron chi connectivity index (χ1n) is 7.69. The van der Waals surface area contributed by atoms with Gasteiger partial charge in [0, 0.05) is 12.1 Å². The van der Waals surface area contributed by atoms with Crippen molar-refractivity contribution < 1.29 is 0 Å². The SMILES string of the molecule is CC1CCCC(CN)(NCCC2CCC2)CC1. The fourth-order valence-corrected chi connectivity index (χ4v) is 3.36. The molecule has 17 heavy (non-hydrogen) atoms. The minimum Gasteiger partial charge on any atom is -0.329 e. The molecule has 2 rings (SSSR count). The minimum atomic E-state index is 0.272. The van der Waals surface area contributed by atoms with Crippen molar-refractivity contribution in [1.82, 2.24) is 5.32 Å². The third-order valence-corrected chi connectivity index (χ3v) is 5.14. The molecule has 0 heterocycles. The van der Waals surface area contributed by atoms with E-state index in [0.717, 1.165) is 18.4 Å². The summed E-state index contributed by atoms with van der Waals surface area (Å²) in [4.78, 5) is 0. The van der Waals surface area contributed by atoms with Crippen LogP contribution in [0.4, 0.5) is 0 Å². The second-order valence-electron chi connectivity index (χ2n) is 6.53. The Kier molecular flexibility index (Phi) is 4.87. The van der Waals surface area contributed by atoms with Gasteiger partial charge in [0.05, 0.1) is 0 Å². The van der Waals surface area contributed by atoms with Gasteiger partial charge in [0.2, 0.25) is 0 Å². The van der Waals surface area contributed by atoms with E-state index in [1.807, 2.05) is 0 Å². The Balaban J connectivity index is 1.76. The van der Waals surface area contributed by atoms with Crippen molar-refractivity contribution in [1.29, 1.82) is 0 Å². The molecule has 2 heteroatoms. The molecule has 0 amide bonds. The van der Waals surface area contributed by atoms with Crippen LogP contribution in [0.15, 0.2) is 0 Å². The predicted molar refractivity (Wildman–Crippen MR) is 74.0 cm³/mol. The van der Waals surface area contributed by atoms with Crippen LogP contribution in [0.3, 0.4) is 0 Å². The van der Waals surface area contributed by atoms with Crippen molar-refractivity contribution >= 4 is 0 Å². The summed E-state index contributed by atoms with van der Waals surface area (Å²) in [5.41, 5.74) is 6.33. The van der Waals surface area contributed by atoms with E-state index >= 15 is 0 Å². The highest BCUT2D eigenvalue weighted by Crippen LogP contribution is 2.31. The fourth-order valence-electron chi connectivity index (χ4n) is 3.36. The third kappa shape index (κ3) is 3.69. The number of hydrogen-bond acceptors (Lipinski definition) is 2. The Morgan fingerprint density at radius 2 is 1.94 bits per heavy atom. The van der Waals surface area contributed by atoms with E-state index in [9.17, 15) is 0 Å². The highest BCUT2D eigenvalue weighted by atomic mass is 15.0. The summed E-state index contributed by atoms with van der Waals surface area (Å²) in [6.45, 7) is 4.40. The summed E-state index contributed by atoms with van der Waals surface area (Å²) in [5.74, 6) is 1.92. The van der Waals surface area contributed by atoms with Gasteiger partial charge in [0.25, 0.3) is 0 Å². The van der Waals surface area contributed by atoms with Crippen LogP contribution in [0.1, 0.15) is 64.7 Å². The molecule has 2 nitrogen and oxygen atoms in total. The summed E-state index contributed by atoms with van der Waals surface area (Å²) in [6, 6.07) is 0. The van der Waals surface area contributed by atoms with Gasteiger partial charge < -0.3 is 11.1 Å². The van der Waals surface area contributed by atoms with Crippen LogP contribution >= 0.6 is 0 Å². The molecule has 2 saturated carbocycles. The van der Waals surface area contributed by atoms with Crippen molar-refractivity contribution in [2.45, 2.75) is 70.3 Å². The minimum absolute atomic E-state index is 0.272. The van der Waals surface area contributed by atoms with E-state index in [0.29, 0.717) is 0 Å². The smallest absolute Gasteiger partial charge is 0.0304 e. The van der Waals surface area contributed by atoms with Gasteiger partial charge >= 0.3 is 0 Å². The van der Waals surface area contributed by atoms with Crippen molar-refractivity contribution in [3.8, 4) is 0 Å². The Morgan fingerprint density at radius 1 is 1.12 bits per heavy atom. The van der Waals surface area contributed by atoms with Crippen LogP contribution in [-0.4, -0.2) is 18.6 Å². The zero-order valence-corrected chi connectivity index (χ0v) is 11.5. The highest BCUT2D eigenvalue weighted by molar-refractivity contribution is 4.91.